The first-order chi connectivity index (χ1) is 15.1. The monoisotopic (exact) mass is 441 g/mol. The van der Waals surface area contributed by atoms with E-state index < -0.39 is 0 Å². The molecule has 0 aliphatic carbocycles. The van der Waals surface area contributed by atoms with Gasteiger partial charge in [0.15, 0.2) is 5.16 Å². The summed E-state index contributed by atoms with van der Waals surface area (Å²) < 4.78 is 12.8. The average Bonchev–Trinajstić information content (AvgIpc) is 3.39. The summed E-state index contributed by atoms with van der Waals surface area (Å²) in [4.78, 5) is 20.9. The predicted molar refractivity (Wildman–Crippen MR) is 118 cm³/mol. The summed E-state index contributed by atoms with van der Waals surface area (Å²) in [6, 6.07) is 9.64. The van der Waals surface area contributed by atoms with Crippen LogP contribution in [-0.2, 0) is 19.2 Å². The quantitative estimate of drug-likeness (QED) is 0.520. The number of hydrogen-bond donors (Lipinski definition) is 0. The molecule has 1 fully saturated rings. The number of hydrogen-bond acceptors (Lipinski definition) is 7. The van der Waals surface area contributed by atoms with E-state index in [1.807, 2.05) is 55.1 Å². The SMILES string of the molecule is Cc1cc(CCN2CCN(C(=O)Oc3ccc(CSc4nccn4C)cc3)CC2)on1. The zero-order valence-electron chi connectivity index (χ0n) is 17.9. The number of carbonyl (C=O) groups is 1. The van der Waals surface area contributed by atoms with Crippen LogP contribution in [0.4, 0.5) is 4.79 Å². The molecule has 9 heteroatoms. The van der Waals surface area contributed by atoms with Crippen molar-refractivity contribution in [2.75, 3.05) is 32.7 Å². The normalized spacial score (nSPS) is 14.7. The first kappa shape index (κ1) is 21.5. The maximum Gasteiger partial charge on any atom is 0.415 e. The molecule has 8 nitrogen and oxygen atoms in total. The van der Waals surface area contributed by atoms with Gasteiger partial charge in [-0.25, -0.2) is 9.78 Å². The van der Waals surface area contributed by atoms with E-state index in [0.29, 0.717) is 18.8 Å². The predicted octanol–water partition coefficient (Wildman–Crippen LogP) is 3.37. The summed E-state index contributed by atoms with van der Waals surface area (Å²) in [5.74, 6) is 2.29. The van der Waals surface area contributed by atoms with Gasteiger partial charge in [0.1, 0.15) is 11.5 Å². The molecule has 0 atom stereocenters. The van der Waals surface area contributed by atoms with Gasteiger partial charge in [0.25, 0.3) is 0 Å². The van der Waals surface area contributed by atoms with Crippen LogP contribution in [0.2, 0.25) is 0 Å². The highest BCUT2D eigenvalue weighted by atomic mass is 32.2. The van der Waals surface area contributed by atoms with E-state index in [-0.39, 0.29) is 6.09 Å². The zero-order chi connectivity index (χ0) is 21.6. The van der Waals surface area contributed by atoms with Gasteiger partial charge < -0.3 is 18.7 Å². The standard InChI is InChI=1S/C22H27N5O3S/c1-17-15-20(30-24-17)7-9-26-11-13-27(14-12-26)22(28)29-19-5-3-18(4-6-19)16-31-21-23-8-10-25(21)2/h3-6,8,10,15H,7,9,11-14,16H2,1-2H3. The van der Waals surface area contributed by atoms with Crippen LogP contribution in [0.5, 0.6) is 5.75 Å². The molecule has 0 N–H and O–H groups in total. The Balaban J connectivity index is 1.19. The van der Waals surface area contributed by atoms with Crippen molar-refractivity contribution < 1.29 is 14.1 Å². The largest absolute Gasteiger partial charge is 0.415 e. The first-order valence-corrected chi connectivity index (χ1v) is 11.4. The van der Waals surface area contributed by atoms with Crippen molar-refractivity contribution in [3.8, 4) is 5.75 Å². The van der Waals surface area contributed by atoms with Gasteiger partial charge in [-0.2, -0.15) is 0 Å². The van der Waals surface area contributed by atoms with Crippen molar-refractivity contribution in [3.05, 3.63) is 59.7 Å². The molecular formula is C22H27N5O3S. The molecule has 0 bridgehead atoms. The highest BCUT2D eigenvalue weighted by Crippen LogP contribution is 2.22. The van der Waals surface area contributed by atoms with Crippen molar-refractivity contribution in [2.24, 2.45) is 7.05 Å². The van der Waals surface area contributed by atoms with Gasteiger partial charge in [0, 0.05) is 70.4 Å². The number of imidazole rings is 1. The molecule has 31 heavy (non-hydrogen) atoms. The van der Waals surface area contributed by atoms with E-state index in [0.717, 1.165) is 54.0 Å². The molecule has 0 unspecified atom stereocenters. The lowest BCUT2D eigenvalue weighted by Crippen LogP contribution is -2.49. The van der Waals surface area contributed by atoms with Gasteiger partial charge >= 0.3 is 6.09 Å². The van der Waals surface area contributed by atoms with Gasteiger partial charge in [-0.15, -0.1) is 0 Å². The van der Waals surface area contributed by atoms with Crippen LogP contribution in [0.1, 0.15) is 17.0 Å². The second-order valence-corrected chi connectivity index (χ2v) is 8.58. The van der Waals surface area contributed by atoms with Crippen molar-refractivity contribution in [2.45, 2.75) is 24.3 Å². The van der Waals surface area contributed by atoms with E-state index in [9.17, 15) is 4.79 Å². The van der Waals surface area contributed by atoms with Crippen LogP contribution in [-0.4, -0.2) is 63.3 Å². The van der Waals surface area contributed by atoms with Crippen molar-refractivity contribution in [1.82, 2.24) is 24.5 Å². The summed E-state index contributed by atoms with van der Waals surface area (Å²) in [5.41, 5.74) is 2.06. The van der Waals surface area contributed by atoms with Gasteiger partial charge in [0.2, 0.25) is 0 Å². The molecule has 0 radical (unpaired) electrons. The molecular weight excluding hydrogens is 414 g/mol. The molecule has 1 aliphatic heterocycles. The van der Waals surface area contributed by atoms with Crippen LogP contribution in [0, 0.1) is 6.92 Å². The molecule has 164 valence electrons. The van der Waals surface area contributed by atoms with Crippen molar-refractivity contribution >= 4 is 17.9 Å². The van der Waals surface area contributed by atoms with E-state index in [4.69, 9.17) is 9.26 Å². The van der Waals surface area contributed by atoms with Gasteiger partial charge in [-0.3, -0.25) is 4.90 Å². The molecule has 1 aliphatic rings. The number of carbonyl (C=O) groups excluding carboxylic acids is 1. The Labute approximate surface area is 186 Å². The Morgan fingerprint density at radius 2 is 1.97 bits per heavy atom. The van der Waals surface area contributed by atoms with Gasteiger partial charge in [0.05, 0.1) is 5.69 Å². The summed E-state index contributed by atoms with van der Waals surface area (Å²) in [7, 11) is 1.98. The number of thioether (sulfide) groups is 1. The lowest BCUT2D eigenvalue weighted by molar-refractivity contribution is 0.110. The number of aromatic nitrogens is 3. The van der Waals surface area contributed by atoms with Crippen LogP contribution >= 0.6 is 11.8 Å². The lowest BCUT2D eigenvalue weighted by atomic mass is 10.2. The third-order valence-corrected chi connectivity index (χ3v) is 6.38. The van der Waals surface area contributed by atoms with Crippen LogP contribution < -0.4 is 4.74 Å². The van der Waals surface area contributed by atoms with Crippen LogP contribution in [0.15, 0.2) is 52.4 Å². The highest BCUT2D eigenvalue weighted by Gasteiger charge is 2.22. The van der Waals surface area contributed by atoms with E-state index >= 15 is 0 Å². The lowest BCUT2D eigenvalue weighted by Gasteiger charge is -2.33. The minimum atomic E-state index is -0.291. The zero-order valence-corrected chi connectivity index (χ0v) is 18.7. The summed E-state index contributed by atoms with van der Waals surface area (Å²) in [5, 5.41) is 4.90. The topological polar surface area (TPSA) is 76.6 Å². The van der Waals surface area contributed by atoms with E-state index in [2.05, 4.69) is 15.0 Å². The fraction of sp³-hybridized carbons (Fsp3) is 0.409. The van der Waals surface area contributed by atoms with Crippen LogP contribution in [0.25, 0.3) is 0 Å². The molecule has 1 amide bonds. The number of piperazine rings is 1. The third kappa shape index (κ3) is 5.89. The van der Waals surface area contributed by atoms with Crippen molar-refractivity contribution in [3.63, 3.8) is 0 Å². The number of ether oxygens (including phenoxy) is 1. The summed E-state index contributed by atoms with van der Waals surface area (Å²) in [6.45, 7) is 5.79. The van der Waals surface area contributed by atoms with Crippen LogP contribution in [0.3, 0.4) is 0 Å². The minimum Gasteiger partial charge on any atom is -0.410 e. The molecule has 2 aromatic heterocycles. The molecule has 4 rings (SSSR count). The molecule has 1 saturated heterocycles. The average molecular weight is 442 g/mol. The van der Waals surface area contributed by atoms with E-state index in [1.54, 1.807) is 22.9 Å². The Morgan fingerprint density at radius 1 is 1.19 bits per heavy atom. The number of nitrogens with zero attached hydrogens (tertiary/aromatic N) is 5. The Morgan fingerprint density at radius 3 is 2.61 bits per heavy atom. The highest BCUT2D eigenvalue weighted by molar-refractivity contribution is 7.98. The Bertz CT molecular complexity index is 993. The molecule has 3 heterocycles. The summed E-state index contributed by atoms with van der Waals surface area (Å²) in [6.07, 6.45) is 4.26. The summed E-state index contributed by atoms with van der Waals surface area (Å²) >= 11 is 1.67. The second kappa shape index (κ2) is 10.0. The Hall–Kier alpha value is -2.78. The maximum absolute atomic E-state index is 12.5. The fourth-order valence-corrected chi connectivity index (χ4v) is 4.30. The second-order valence-electron chi connectivity index (χ2n) is 7.63. The number of amides is 1. The maximum atomic E-state index is 12.5. The minimum absolute atomic E-state index is 0.291. The number of benzene rings is 1. The fourth-order valence-electron chi connectivity index (χ4n) is 3.41. The van der Waals surface area contributed by atoms with Gasteiger partial charge in [-0.1, -0.05) is 29.1 Å². The smallest absolute Gasteiger partial charge is 0.410 e. The molecule has 0 spiro atoms. The molecule has 0 saturated carbocycles. The Kier molecular flexibility index (Phi) is 6.93. The van der Waals surface area contributed by atoms with E-state index in [1.165, 1.54) is 0 Å². The number of rotatable bonds is 7. The first-order valence-electron chi connectivity index (χ1n) is 10.4. The number of aryl methyl sites for hydroxylation is 2. The van der Waals surface area contributed by atoms with Gasteiger partial charge in [-0.05, 0) is 24.6 Å². The molecule has 3 aromatic rings. The molecule has 1 aromatic carbocycles. The van der Waals surface area contributed by atoms with Crippen molar-refractivity contribution in [1.29, 1.82) is 0 Å². The third-order valence-electron chi connectivity index (χ3n) is 5.26.